The number of anilines is 2. The Morgan fingerprint density at radius 1 is 1.14 bits per heavy atom. The van der Waals surface area contributed by atoms with Crippen molar-refractivity contribution in [2.45, 2.75) is 33.1 Å². The van der Waals surface area contributed by atoms with Crippen molar-refractivity contribution in [3.8, 4) is 0 Å². The molecular formula is C21H24N4O2S. The predicted molar refractivity (Wildman–Crippen MR) is 115 cm³/mol. The Morgan fingerprint density at radius 3 is 2.64 bits per heavy atom. The lowest BCUT2D eigenvalue weighted by Gasteiger charge is -2.20. The molecule has 0 atom stereocenters. The highest BCUT2D eigenvalue weighted by atomic mass is 32.1. The summed E-state index contributed by atoms with van der Waals surface area (Å²) in [5.74, 6) is -0.308. The van der Waals surface area contributed by atoms with Crippen LogP contribution in [-0.2, 0) is 11.2 Å². The second-order valence-corrected chi connectivity index (χ2v) is 7.07. The van der Waals surface area contributed by atoms with Crippen molar-refractivity contribution >= 4 is 40.5 Å². The Hall–Kier alpha value is -2.93. The molecule has 0 saturated carbocycles. The molecule has 2 aromatic rings. The van der Waals surface area contributed by atoms with Crippen LogP contribution in [0.15, 0.2) is 42.5 Å². The summed E-state index contributed by atoms with van der Waals surface area (Å²) in [6.07, 6.45) is 2.19. The first kappa shape index (κ1) is 19.8. The van der Waals surface area contributed by atoms with E-state index in [1.165, 1.54) is 0 Å². The van der Waals surface area contributed by atoms with E-state index < -0.39 is 0 Å². The molecule has 2 aromatic carbocycles. The molecule has 146 valence electrons. The summed E-state index contributed by atoms with van der Waals surface area (Å²) in [5, 5.41) is 3.45. The first-order chi connectivity index (χ1) is 13.5. The van der Waals surface area contributed by atoms with Gasteiger partial charge >= 0.3 is 0 Å². The monoisotopic (exact) mass is 396 g/mol. The summed E-state index contributed by atoms with van der Waals surface area (Å²) >= 11 is 5.33. The molecule has 0 spiro atoms. The summed E-state index contributed by atoms with van der Waals surface area (Å²) in [5.41, 5.74) is 9.60. The average Bonchev–Trinajstić information content (AvgIpc) is 3.13. The van der Waals surface area contributed by atoms with Gasteiger partial charge in [-0.1, -0.05) is 37.3 Å². The second-order valence-electron chi connectivity index (χ2n) is 6.66. The maximum absolute atomic E-state index is 12.7. The number of carbonyl (C=O) groups is 2. The van der Waals surface area contributed by atoms with Crippen molar-refractivity contribution < 1.29 is 9.59 Å². The number of hydrogen-bond donors (Lipinski definition) is 3. The van der Waals surface area contributed by atoms with E-state index in [1.54, 1.807) is 23.1 Å². The van der Waals surface area contributed by atoms with Crippen molar-refractivity contribution in [3.05, 3.63) is 59.2 Å². The number of amides is 2. The minimum Gasteiger partial charge on any atom is -0.331 e. The van der Waals surface area contributed by atoms with Crippen LogP contribution in [0.5, 0.6) is 0 Å². The van der Waals surface area contributed by atoms with Gasteiger partial charge in [-0.05, 0) is 55.2 Å². The van der Waals surface area contributed by atoms with Crippen molar-refractivity contribution in [1.29, 1.82) is 0 Å². The molecule has 0 aliphatic carbocycles. The Morgan fingerprint density at radius 2 is 1.93 bits per heavy atom. The van der Waals surface area contributed by atoms with E-state index in [0.29, 0.717) is 29.3 Å². The summed E-state index contributed by atoms with van der Waals surface area (Å²) in [6, 6.07) is 13.1. The Kier molecular flexibility index (Phi) is 6.26. The largest absolute Gasteiger partial charge is 0.331 e. The van der Waals surface area contributed by atoms with Crippen molar-refractivity contribution in [3.63, 3.8) is 0 Å². The van der Waals surface area contributed by atoms with E-state index in [2.05, 4.69) is 23.1 Å². The highest BCUT2D eigenvalue weighted by Gasteiger charge is 2.25. The normalized spacial score (nSPS) is 13.4. The summed E-state index contributed by atoms with van der Waals surface area (Å²) in [4.78, 5) is 26.4. The molecule has 2 amide bonds. The highest BCUT2D eigenvalue weighted by molar-refractivity contribution is 7.80. The summed E-state index contributed by atoms with van der Waals surface area (Å²) in [6.45, 7) is 4.71. The lowest BCUT2D eigenvalue weighted by molar-refractivity contribution is -0.117. The van der Waals surface area contributed by atoms with Crippen LogP contribution >= 0.6 is 12.2 Å². The number of aryl methyl sites for hydroxylation is 2. The molecule has 0 radical (unpaired) electrons. The predicted octanol–water partition coefficient (Wildman–Crippen LogP) is 3.32. The third kappa shape index (κ3) is 4.31. The molecular weight excluding hydrogens is 372 g/mol. The lowest BCUT2D eigenvalue weighted by Crippen LogP contribution is -2.44. The Labute approximate surface area is 170 Å². The van der Waals surface area contributed by atoms with Gasteiger partial charge in [-0.25, -0.2) is 0 Å². The van der Waals surface area contributed by atoms with E-state index in [4.69, 9.17) is 12.2 Å². The van der Waals surface area contributed by atoms with Crippen LogP contribution in [0.25, 0.3) is 0 Å². The standard InChI is InChI=1S/C21H24N4O2S/c1-3-15-9-6-8-14(2)19(15)22-21(28)24-23-20(27)16-10-4-5-11-17(16)25-13-7-12-18(25)26/h4-6,8-11H,3,7,12-13H2,1-2H3,(H,23,27)(H2,22,24,28). The number of carbonyl (C=O) groups excluding carboxylic acids is 2. The smallest absolute Gasteiger partial charge is 0.271 e. The zero-order valence-corrected chi connectivity index (χ0v) is 16.9. The third-order valence-corrected chi connectivity index (χ3v) is 4.99. The van der Waals surface area contributed by atoms with Crippen LogP contribution in [0.2, 0.25) is 0 Å². The van der Waals surface area contributed by atoms with Crippen LogP contribution in [0.4, 0.5) is 11.4 Å². The molecule has 1 aliphatic heterocycles. The van der Waals surface area contributed by atoms with Gasteiger partial charge in [-0.15, -0.1) is 0 Å². The van der Waals surface area contributed by atoms with Gasteiger partial charge < -0.3 is 10.2 Å². The van der Waals surface area contributed by atoms with Crippen molar-refractivity contribution in [2.24, 2.45) is 0 Å². The van der Waals surface area contributed by atoms with Crippen LogP contribution in [-0.4, -0.2) is 23.5 Å². The van der Waals surface area contributed by atoms with E-state index >= 15 is 0 Å². The van der Waals surface area contributed by atoms with Gasteiger partial charge in [-0.2, -0.15) is 0 Å². The van der Waals surface area contributed by atoms with Gasteiger partial charge in [0.05, 0.1) is 11.3 Å². The minimum absolute atomic E-state index is 0.0389. The number of hydrazine groups is 1. The third-order valence-electron chi connectivity index (χ3n) is 4.78. The van der Waals surface area contributed by atoms with Crippen molar-refractivity contribution in [2.75, 3.05) is 16.8 Å². The fraction of sp³-hybridized carbons (Fsp3) is 0.286. The van der Waals surface area contributed by atoms with Gasteiger partial charge in [-0.3, -0.25) is 20.4 Å². The van der Waals surface area contributed by atoms with Gasteiger partial charge in [0.25, 0.3) is 5.91 Å². The highest BCUT2D eigenvalue weighted by Crippen LogP contribution is 2.25. The number of nitrogens with zero attached hydrogens (tertiary/aromatic N) is 1. The maximum atomic E-state index is 12.7. The first-order valence-corrected chi connectivity index (χ1v) is 9.77. The van der Waals surface area contributed by atoms with Gasteiger partial charge in [0.2, 0.25) is 5.91 Å². The van der Waals surface area contributed by atoms with E-state index in [1.807, 2.05) is 31.2 Å². The van der Waals surface area contributed by atoms with Crippen LogP contribution < -0.4 is 21.1 Å². The molecule has 6 nitrogen and oxygen atoms in total. The molecule has 1 fully saturated rings. The van der Waals surface area contributed by atoms with Crippen LogP contribution in [0, 0.1) is 6.92 Å². The minimum atomic E-state index is -0.347. The Bertz CT molecular complexity index is 913. The van der Waals surface area contributed by atoms with Gasteiger partial charge in [0.15, 0.2) is 5.11 Å². The average molecular weight is 397 g/mol. The molecule has 0 aromatic heterocycles. The molecule has 28 heavy (non-hydrogen) atoms. The lowest BCUT2D eigenvalue weighted by atomic mass is 10.1. The zero-order valence-electron chi connectivity index (χ0n) is 16.0. The zero-order chi connectivity index (χ0) is 20.1. The quantitative estimate of drug-likeness (QED) is 0.546. The van der Waals surface area contributed by atoms with E-state index in [0.717, 1.165) is 29.7 Å². The number of para-hydroxylation sites is 2. The molecule has 0 bridgehead atoms. The van der Waals surface area contributed by atoms with Gasteiger partial charge in [0.1, 0.15) is 0 Å². The molecule has 1 aliphatic rings. The topological polar surface area (TPSA) is 73.5 Å². The number of thiocarbonyl (C=S) groups is 1. The molecule has 3 N–H and O–H groups in total. The molecule has 0 unspecified atom stereocenters. The van der Waals surface area contributed by atoms with Crippen LogP contribution in [0.1, 0.15) is 41.3 Å². The fourth-order valence-corrected chi connectivity index (χ4v) is 3.48. The molecule has 7 heteroatoms. The summed E-state index contributed by atoms with van der Waals surface area (Å²) in [7, 11) is 0. The first-order valence-electron chi connectivity index (χ1n) is 9.36. The fourth-order valence-electron chi connectivity index (χ4n) is 3.33. The SMILES string of the molecule is CCc1cccc(C)c1NC(=S)NNC(=O)c1ccccc1N1CCCC1=O. The molecule has 1 heterocycles. The van der Waals surface area contributed by atoms with Crippen molar-refractivity contribution in [1.82, 2.24) is 10.9 Å². The van der Waals surface area contributed by atoms with Crippen LogP contribution in [0.3, 0.4) is 0 Å². The van der Waals surface area contributed by atoms with E-state index in [9.17, 15) is 9.59 Å². The molecule has 3 rings (SSSR count). The Balaban J connectivity index is 1.67. The number of rotatable bonds is 4. The number of nitrogens with one attached hydrogen (secondary N) is 3. The number of hydrogen-bond acceptors (Lipinski definition) is 3. The maximum Gasteiger partial charge on any atom is 0.271 e. The second kappa shape index (κ2) is 8.84. The van der Waals surface area contributed by atoms with E-state index in [-0.39, 0.29) is 11.8 Å². The van der Waals surface area contributed by atoms with Gasteiger partial charge in [0, 0.05) is 18.7 Å². The molecule has 1 saturated heterocycles. The summed E-state index contributed by atoms with van der Waals surface area (Å²) < 4.78 is 0. The number of benzene rings is 2.